The van der Waals surface area contributed by atoms with Crippen molar-refractivity contribution in [3.63, 3.8) is 0 Å². The molecule has 0 aliphatic heterocycles. The predicted octanol–water partition coefficient (Wildman–Crippen LogP) is 7.21. The number of nitrogens with one attached hydrogen (secondary N) is 1. The summed E-state index contributed by atoms with van der Waals surface area (Å²) in [5.41, 5.74) is 1.90. The molecule has 3 aromatic rings. The second kappa shape index (κ2) is 9.54. The van der Waals surface area contributed by atoms with E-state index in [1.807, 2.05) is 19.9 Å². The summed E-state index contributed by atoms with van der Waals surface area (Å²) < 4.78 is 62.3. The van der Waals surface area contributed by atoms with Crippen molar-refractivity contribution >= 4 is 16.6 Å². The zero-order valence-corrected chi connectivity index (χ0v) is 17.8. The molecule has 0 aliphatic carbocycles. The Bertz CT molecular complexity index is 1040. The van der Waals surface area contributed by atoms with E-state index in [1.165, 1.54) is 19.2 Å². The number of ether oxygens (including phenoxy) is 1. The number of pyridine rings is 1. The lowest BCUT2D eigenvalue weighted by molar-refractivity contribution is -0.181. The van der Waals surface area contributed by atoms with Crippen molar-refractivity contribution in [1.82, 2.24) is 4.98 Å². The third kappa shape index (κ3) is 5.27. The van der Waals surface area contributed by atoms with Crippen LogP contribution < -0.4 is 10.1 Å². The first-order chi connectivity index (χ1) is 14.7. The van der Waals surface area contributed by atoms with E-state index in [4.69, 9.17) is 4.74 Å². The molecule has 1 N–H and O–H groups in total. The molecule has 2 aromatic carbocycles. The lowest BCUT2D eigenvalue weighted by Gasteiger charge is -2.31. The van der Waals surface area contributed by atoms with Gasteiger partial charge in [-0.2, -0.15) is 13.2 Å². The minimum atomic E-state index is -4.50. The number of rotatable bonds is 8. The van der Waals surface area contributed by atoms with E-state index in [1.54, 1.807) is 24.3 Å². The van der Waals surface area contributed by atoms with Crippen LogP contribution in [0.2, 0.25) is 0 Å². The molecular weight excluding hydrogens is 408 g/mol. The van der Waals surface area contributed by atoms with Crippen LogP contribution in [0, 0.1) is 18.7 Å². The molecule has 0 spiro atoms. The van der Waals surface area contributed by atoms with Crippen LogP contribution in [0.3, 0.4) is 0 Å². The van der Waals surface area contributed by atoms with E-state index in [2.05, 4.69) is 10.3 Å². The largest absolute Gasteiger partial charge is 0.497 e. The summed E-state index contributed by atoms with van der Waals surface area (Å²) in [5, 5.41) is 3.69. The summed E-state index contributed by atoms with van der Waals surface area (Å²) in [6, 6.07) is 11.5. The number of fused-ring (bicyclic) bond motifs is 1. The van der Waals surface area contributed by atoms with Gasteiger partial charge in [-0.05, 0) is 43.7 Å². The lowest BCUT2D eigenvalue weighted by atomic mass is 9.87. The highest BCUT2D eigenvalue weighted by Crippen LogP contribution is 2.43. The first-order valence-corrected chi connectivity index (χ1v) is 10.3. The van der Waals surface area contributed by atoms with Crippen molar-refractivity contribution in [3.05, 3.63) is 65.6 Å². The molecule has 0 radical (unpaired) electrons. The maximum atomic E-state index is 14.9. The van der Waals surface area contributed by atoms with E-state index < -0.39 is 24.0 Å². The molecule has 2 unspecified atom stereocenters. The van der Waals surface area contributed by atoms with Crippen molar-refractivity contribution in [3.8, 4) is 5.75 Å². The van der Waals surface area contributed by atoms with E-state index in [9.17, 15) is 17.6 Å². The highest BCUT2D eigenvalue weighted by atomic mass is 19.4. The second-order valence-electron chi connectivity index (χ2n) is 7.62. The fourth-order valence-electron chi connectivity index (χ4n) is 3.78. The monoisotopic (exact) mass is 434 g/mol. The fourth-order valence-corrected chi connectivity index (χ4v) is 3.78. The molecule has 0 fully saturated rings. The fraction of sp³-hybridized carbons (Fsp3) is 0.375. The SMILES string of the molecule is CCCCC(C(Nc1cccc2nc(C)ccc12)c1ccc(OC)cc1F)C(F)(F)F. The van der Waals surface area contributed by atoms with Gasteiger partial charge >= 0.3 is 6.18 Å². The number of hydrogen-bond acceptors (Lipinski definition) is 3. The van der Waals surface area contributed by atoms with E-state index in [-0.39, 0.29) is 17.7 Å². The Morgan fingerprint density at radius 2 is 1.87 bits per heavy atom. The molecule has 0 saturated heterocycles. The quantitative estimate of drug-likeness (QED) is 0.380. The zero-order chi connectivity index (χ0) is 22.6. The van der Waals surface area contributed by atoms with Gasteiger partial charge in [0.1, 0.15) is 11.6 Å². The van der Waals surface area contributed by atoms with Gasteiger partial charge < -0.3 is 10.1 Å². The summed E-state index contributed by atoms with van der Waals surface area (Å²) >= 11 is 0. The van der Waals surface area contributed by atoms with Crippen molar-refractivity contribution in [1.29, 1.82) is 0 Å². The van der Waals surface area contributed by atoms with E-state index in [0.717, 1.165) is 11.8 Å². The predicted molar refractivity (Wildman–Crippen MR) is 115 cm³/mol. The number of aryl methyl sites for hydroxylation is 1. The van der Waals surface area contributed by atoms with Crippen LogP contribution in [-0.4, -0.2) is 18.3 Å². The minimum absolute atomic E-state index is 0.0451. The minimum Gasteiger partial charge on any atom is -0.497 e. The van der Waals surface area contributed by atoms with Crippen LogP contribution in [0.5, 0.6) is 5.75 Å². The van der Waals surface area contributed by atoms with Crippen molar-refractivity contribution in [2.24, 2.45) is 5.92 Å². The number of methoxy groups -OCH3 is 1. The van der Waals surface area contributed by atoms with Crippen LogP contribution in [0.4, 0.5) is 23.2 Å². The smallest absolute Gasteiger partial charge is 0.394 e. The molecular formula is C24H26F4N2O. The Hall–Kier alpha value is -2.83. The molecule has 1 aromatic heterocycles. The van der Waals surface area contributed by atoms with E-state index in [0.29, 0.717) is 29.4 Å². The number of nitrogens with zero attached hydrogens (tertiary/aromatic N) is 1. The van der Waals surface area contributed by atoms with Gasteiger partial charge in [-0.15, -0.1) is 0 Å². The van der Waals surface area contributed by atoms with Crippen LogP contribution >= 0.6 is 0 Å². The average molecular weight is 434 g/mol. The number of aromatic nitrogens is 1. The van der Waals surface area contributed by atoms with Crippen LogP contribution in [0.25, 0.3) is 10.9 Å². The van der Waals surface area contributed by atoms with Gasteiger partial charge in [-0.25, -0.2) is 4.39 Å². The molecule has 3 nitrogen and oxygen atoms in total. The number of unbranched alkanes of at least 4 members (excludes halogenated alkanes) is 1. The third-order valence-electron chi connectivity index (χ3n) is 5.42. The normalized spacial score (nSPS) is 13.8. The van der Waals surface area contributed by atoms with Crippen molar-refractivity contribution in [2.45, 2.75) is 45.3 Å². The summed E-state index contributed by atoms with van der Waals surface area (Å²) in [6.45, 7) is 3.68. The first kappa shape index (κ1) is 22.8. The first-order valence-electron chi connectivity index (χ1n) is 10.3. The second-order valence-corrected chi connectivity index (χ2v) is 7.62. The lowest BCUT2D eigenvalue weighted by Crippen LogP contribution is -2.34. The van der Waals surface area contributed by atoms with Crippen molar-refractivity contribution in [2.75, 3.05) is 12.4 Å². The number of benzene rings is 2. The number of alkyl halides is 3. The van der Waals surface area contributed by atoms with Gasteiger partial charge in [0, 0.05) is 28.4 Å². The van der Waals surface area contributed by atoms with Gasteiger partial charge in [0.05, 0.1) is 24.6 Å². The molecule has 0 aliphatic rings. The van der Waals surface area contributed by atoms with Gasteiger partial charge in [-0.1, -0.05) is 31.9 Å². The average Bonchev–Trinajstić information content (AvgIpc) is 2.72. The van der Waals surface area contributed by atoms with Gasteiger partial charge in [-0.3, -0.25) is 4.98 Å². The Morgan fingerprint density at radius 1 is 1.10 bits per heavy atom. The molecule has 1 heterocycles. The summed E-state index contributed by atoms with van der Waals surface area (Å²) in [4.78, 5) is 4.45. The molecule has 31 heavy (non-hydrogen) atoms. The zero-order valence-electron chi connectivity index (χ0n) is 17.8. The topological polar surface area (TPSA) is 34.2 Å². The summed E-state index contributed by atoms with van der Waals surface area (Å²) in [7, 11) is 1.38. The summed E-state index contributed by atoms with van der Waals surface area (Å²) in [6.07, 6.45) is -3.61. The Labute approximate surface area is 179 Å². The van der Waals surface area contributed by atoms with Crippen molar-refractivity contribution < 1.29 is 22.3 Å². The number of hydrogen-bond donors (Lipinski definition) is 1. The van der Waals surface area contributed by atoms with E-state index >= 15 is 0 Å². The standard InChI is InChI=1S/C24H26F4N2O/c1-4-5-7-19(24(26,27)28)23(17-13-11-16(31-3)14-20(17)25)30-22-9-6-8-21-18(22)12-10-15(2)29-21/h6,8-14,19,23,30H,4-5,7H2,1-3H3. The van der Waals surface area contributed by atoms with Gasteiger partial charge in [0.2, 0.25) is 0 Å². The van der Waals surface area contributed by atoms with Crippen LogP contribution in [0.15, 0.2) is 48.5 Å². The van der Waals surface area contributed by atoms with Crippen LogP contribution in [0.1, 0.15) is 43.5 Å². The molecule has 0 saturated carbocycles. The van der Waals surface area contributed by atoms with Crippen LogP contribution in [-0.2, 0) is 0 Å². The highest BCUT2D eigenvalue weighted by Gasteiger charge is 2.45. The van der Waals surface area contributed by atoms with Gasteiger partial charge in [0.15, 0.2) is 0 Å². The Kier molecular flexibility index (Phi) is 7.03. The molecule has 166 valence electrons. The molecule has 0 amide bonds. The third-order valence-corrected chi connectivity index (χ3v) is 5.42. The van der Waals surface area contributed by atoms with Gasteiger partial charge in [0.25, 0.3) is 0 Å². The number of halogens is 4. The highest BCUT2D eigenvalue weighted by molar-refractivity contribution is 5.91. The Balaban J connectivity index is 2.12. The maximum Gasteiger partial charge on any atom is 0.394 e. The number of anilines is 1. The molecule has 0 bridgehead atoms. The Morgan fingerprint density at radius 3 is 2.52 bits per heavy atom. The summed E-state index contributed by atoms with van der Waals surface area (Å²) in [5.74, 6) is -2.25. The molecule has 3 rings (SSSR count). The maximum absolute atomic E-state index is 14.9. The molecule has 2 atom stereocenters. The molecule has 7 heteroatoms.